The second-order valence-corrected chi connectivity index (χ2v) is 21.6. The van der Waals surface area contributed by atoms with E-state index >= 15 is 0 Å². The summed E-state index contributed by atoms with van der Waals surface area (Å²) >= 11 is 0. The highest BCUT2D eigenvalue weighted by Crippen LogP contribution is 2.33. The van der Waals surface area contributed by atoms with E-state index < -0.39 is 101 Å². The number of nitrogens with zero attached hydrogens (tertiary/aromatic N) is 3. The van der Waals surface area contributed by atoms with Crippen molar-refractivity contribution in [2.75, 3.05) is 18.1 Å². The second kappa shape index (κ2) is 25.2. The smallest absolute Gasteiger partial charge is 0.325 e. The van der Waals surface area contributed by atoms with Gasteiger partial charge < -0.3 is 37.7 Å². The van der Waals surface area contributed by atoms with Crippen LogP contribution in [0, 0.1) is 17.8 Å². The molecule has 9 N–H and O–H groups in total. The summed E-state index contributed by atoms with van der Waals surface area (Å²) in [4.78, 5) is 139. The van der Waals surface area contributed by atoms with Gasteiger partial charge in [-0.05, 0) is 75.6 Å². The van der Waals surface area contributed by atoms with Gasteiger partial charge in [-0.1, -0.05) is 82.3 Å². The zero-order chi connectivity index (χ0) is 52.1. The standard InChI is InChI=1S/C51H64N10O9S2/c1-29-42(63)23-35(20-37-25-54-28-56-37)46(67)58-39(19-31-11-6-5-7-12-31)43(64)22-34(14-10-18-55-49(52)53)45(66)59-40(21-33-17-16-32-13-8-9-15-38(32)33)44(65)24-36(30(2)62)26-71-72-27-41(47(68)57-29)61-48(69)51(3,4)60-50(61)70/h5-9,11-13,15,17,25,28-29,34-36,39-41H,10,14,16,18-24,26-27H2,1-4H3,(H,54,56)(H,57,68)(H,58,67)(H,59,66)(H,60,70)(H4,52,53,55)/t29-,34-,35-,36+,39-,40+,41+/m1/s1. The first-order valence-electron chi connectivity index (χ1n) is 24.0. The van der Waals surface area contributed by atoms with Gasteiger partial charge in [0.2, 0.25) is 17.7 Å². The van der Waals surface area contributed by atoms with Crippen molar-refractivity contribution in [1.29, 1.82) is 0 Å². The molecule has 2 aliphatic heterocycles. The summed E-state index contributed by atoms with van der Waals surface area (Å²) in [6.45, 7) is 5.95. The number of hydrogen-bond acceptors (Lipinski definition) is 13. The molecule has 2 aromatic carbocycles. The van der Waals surface area contributed by atoms with E-state index in [0.717, 1.165) is 32.4 Å². The fraction of sp³-hybridized carbons (Fsp3) is 0.471. The summed E-state index contributed by atoms with van der Waals surface area (Å²) in [5, 5.41) is 11.1. The number of rotatable bonds is 12. The van der Waals surface area contributed by atoms with E-state index in [0.29, 0.717) is 17.7 Å². The number of guanidine groups is 1. The van der Waals surface area contributed by atoms with Crippen LogP contribution in [-0.4, -0.2) is 121 Å². The number of benzene rings is 2. The number of aliphatic imine (C=N–C) groups is 1. The van der Waals surface area contributed by atoms with Crippen LogP contribution in [0.5, 0.6) is 0 Å². The molecule has 0 bridgehead atoms. The molecule has 0 unspecified atom stereocenters. The number of nitrogens with two attached hydrogens (primary N) is 2. The molecule has 6 amide bonds. The van der Waals surface area contributed by atoms with E-state index in [4.69, 9.17) is 11.5 Å². The van der Waals surface area contributed by atoms with Crippen molar-refractivity contribution >= 4 is 85.9 Å². The highest BCUT2D eigenvalue weighted by atomic mass is 33.1. The molecule has 2 saturated heterocycles. The molecule has 1 aliphatic carbocycles. The SMILES string of the molecule is CC(=O)[C@@H]1CSSC[C@H](N2C(=O)NC(C)(C)C2=O)C(=O)N[C@H](C)C(=O)C[C@@H](Cc2cnc[nH]2)C(=O)N[C@H](Cc2ccccc2)C(=O)C[C@@H](CCCN=C(N)N)C(=O)N[C@@H](CC2=CCc3ccccc32)C(=O)C1. The van der Waals surface area contributed by atoms with E-state index in [1.165, 1.54) is 51.0 Å². The number of imidazole rings is 1. The van der Waals surface area contributed by atoms with E-state index in [1.807, 2.05) is 30.3 Å². The Bertz CT molecular complexity index is 2570. The first kappa shape index (κ1) is 54.7. The zero-order valence-electron chi connectivity index (χ0n) is 40.9. The van der Waals surface area contributed by atoms with Crippen molar-refractivity contribution in [3.8, 4) is 0 Å². The lowest BCUT2D eigenvalue weighted by molar-refractivity contribution is -0.138. The summed E-state index contributed by atoms with van der Waals surface area (Å²) in [5.74, 6) is -7.62. The molecule has 384 valence electrons. The van der Waals surface area contributed by atoms with Crippen LogP contribution in [0.25, 0.3) is 5.57 Å². The van der Waals surface area contributed by atoms with Crippen molar-refractivity contribution in [1.82, 2.24) is 36.1 Å². The molecule has 1 aromatic heterocycles. The van der Waals surface area contributed by atoms with Crippen molar-refractivity contribution < 1.29 is 43.2 Å². The number of aromatic amines is 1. The number of urea groups is 1. The third kappa shape index (κ3) is 14.7. The quantitative estimate of drug-likeness (QED) is 0.0451. The van der Waals surface area contributed by atoms with Gasteiger partial charge in [0, 0.05) is 73.9 Å². The minimum Gasteiger partial charge on any atom is -0.370 e. The molecule has 2 fully saturated rings. The average Bonchev–Trinajstić information content (AvgIpc) is 4.06. The Balaban J connectivity index is 1.38. The summed E-state index contributed by atoms with van der Waals surface area (Å²) in [5.41, 5.74) is 13.9. The van der Waals surface area contributed by atoms with Crippen LogP contribution in [0.15, 0.2) is 78.2 Å². The highest BCUT2D eigenvalue weighted by Gasteiger charge is 2.49. The largest absolute Gasteiger partial charge is 0.370 e. The van der Waals surface area contributed by atoms with Gasteiger partial charge >= 0.3 is 6.03 Å². The van der Waals surface area contributed by atoms with Crippen LogP contribution in [-0.2, 0) is 57.6 Å². The Morgan fingerprint density at radius 1 is 0.792 bits per heavy atom. The molecule has 0 radical (unpaired) electrons. The Hall–Kier alpha value is -6.61. The fourth-order valence-electron chi connectivity index (χ4n) is 8.95. The number of hydrogen-bond donors (Lipinski definition) is 7. The van der Waals surface area contributed by atoms with Crippen molar-refractivity contribution in [2.45, 2.75) is 115 Å². The molecule has 19 nitrogen and oxygen atoms in total. The van der Waals surface area contributed by atoms with Crippen LogP contribution in [0.4, 0.5) is 4.79 Å². The average molecular weight is 1030 g/mol. The third-order valence-electron chi connectivity index (χ3n) is 13.2. The number of ketones is 4. The van der Waals surface area contributed by atoms with Crippen molar-refractivity contribution in [2.24, 2.45) is 34.2 Å². The highest BCUT2D eigenvalue weighted by molar-refractivity contribution is 8.76. The molecule has 3 aliphatic rings. The summed E-state index contributed by atoms with van der Waals surface area (Å²) < 4.78 is 0. The normalized spacial score (nSPS) is 25.1. The molecule has 7 atom stereocenters. The number of carbonyl (C=O) groups excluding carboxylic acids is 9. The number of imide groups is 1. The zero-order valence-corrected chi connectivity index (χ0v) is 42.6. The molecular formula is C51H64N10O9S2. The van der Waals surface area contributed by atoms with Crippen LogP contribution < -0.4 is 32.7 Å². The number of H-pyrrole nitrogens is 1. The lowest BCUT2D eigenvalue weighted by atomic mass is 9.88. The molecule has 21 heteroatoms. The Morgan fingerprint density at radius 3 is 2.11 bits per heavy atom. The molecule has 72 heavy (non-hydrogen) atoms. The minimum atomic E-state index is -1.41. The van der Waals surface area contributed by atoms with Crippen molar-refractivity contribution in [3.63, 3.8) is 0 Å². The number of Topliss-reactive ketones (excluding diaryl/α,β-unsaturated/α-hetero) is 4. The van der Waals surface area contributed by atoms with Crippen LogP contribution in [0.1, 0.15) is 88.6 Å². The summed E-state index contributed by atoms with van der Waals surface area (Å²) in [7, 11) is 2.28. The monoisotopic (exact) mass is 1020 g/mol. The summed E-state index contributed by atoms with van der Waals surface area (Å²) in [6, 6.07) is 11.0. The predicted octanol–water partition coefficient (Wildman–Crippen LogP) is 3.16. The fourth-order valence-corrected chi connectivity index (χ4v) is 11.5. The van der Waals surface area contributed by atoms with Gasteiger partial charge in [0.15, 0.2) is 23.3 Å². The molecule has 6 rings (SSSR count). The Morgan fingerprint density at radius 2 is 1.44 bits per heavy atom. The van der Waals surface area contributed by atoms with Gasteiger partial charge in [0.25, 0.3) is 5.91 Å². The third-order valence-corrected chi connectivity index (χ3v) is 15.6. The molecule has 0 saturated carbocycles. The van der Waals surface area contributed by atoms with E-state index in [-0.39, 0.29) is 74.7 Å². The van der Waals surface area contributed by atoms with Crippen LogP contribution in [0.3, 0.4) is 0 Å². The van der Waals surface area contributed by atoms with Gasteiger partial charge in [-0.3, -0.25) is 43.3 Å². The van der Waals surface area contributed by atoms with Crippen LogP contribution >= 0.6 is 21.6 Å². The minimum absolute atomic E-state index is 0.00802. The number of allylic oxidation sites excluding steroid dienone is 1. The number of amides is 6. The van der Waals surface area contributed by atoms with E-state index in [1.54, 1.807) is 30.3 Å². The van der Waals surface area contributed by atoms with Gasteiger partial charge in [-0.2, -0.15) is 0 Å². The number of carbonyl (C=O) groups is 9. The summed E-state index contributed by atoms with van der Waals surface area (Å²) in [6.07, 6.45) is 5.07. The first-order chi connectivity index (χ1) is 34.3. The second-order valence-electron chi connectivity index (χ2n) is 19.1. The van der Waals surface area contributed by atoms with Gasteiger partial charge in [-0.25, -0.2) is 14.7 Å². The lowest BCUT2D eigenvalue weighted by Crippen LogP contribution is -2.55. The Labute approximate surface area is 426 Å². The number of fused-ring (bicyclic) bond motifs is 1. The Kier molecular flexibility index (Phi) is 19.1. The molecular weight excluding hydrogens is 961 g/mol. The maximum absolute atomic E-state index is 14.8. The lowest BCUT2D eigenvalue weighted by Gasteiger charge is -2.27. The molecule has 3 heterocycles. The first-order valence-corrected chi connectivity index (χ1v) is 26.5. The number of aromatic nitrogens is 2. The van der Waals surface area contributed by atoms with Gasteiger partial charge in [0.1, 0.15) is 17.4 Å². The maximum Gasteiger partial charge on any atom is 0.325 e. The molecule has 0 spiro atoms. The predicted molar refractivity (Wildman–Crippen MR) is 275 cm³/mol. The van der Waals surface area contributed by atoms with E-state index in [2.05, 4.69) is 36.2 Å². The van der Waals surface area contributed by atoms with Gasteiger partial charge in [-0.15, -0.1) is 0 Å². The van der Waals surface area contributed by atoms with E-state index in [9.17, 15) is 43.2 Å². The van der Waals surface area contributed by atoms with Crippen molar-refractivity contribution in [3.05, 3.63) is 95.6 Å². The van der Waals surface area contributed by atoms with Gasteiger partial charge in [0.05, 0.1) is 30.4 Å². The molecule has 3 aromatic rings. The van der Waals surface area contributed by atoms with Crippen LogP contribution in [0.2, 0.25) is 0 Å². The topological polar surface area (TPSA) is 298 Å². The maximum atomic E-state index is 14.8. The number of nitrogens with one attached hydrogen (secondary N) is 5.